The third kappa shape index (κ3) is 2.63. The summed E-state index contributed by atoms with van der Waals surface area (Å²) < 4.78 is 31.7. The van der Waals surface area contributed by atoms with Crippen molar-refractivity contribution in [1.82, 2.24) is 0 Å². The largest absolute Gasteiger partial charge is 0.747 e. The molecule has 0 bridgehead atoms. The van der Waals surface area contributed by atoms with Gasteiger partial charge in [0.1, 0.15) is 14.9 Å². The first-order valence-electron chi connectivity index (χ1n) is 7.64. The smallest absolute Gasteiger partial charge is 0.244 e. The maximum atomic E-state index is 12.8. The molecule has 2 aromatic carbocycles. The standard InChI is InChI=1S/C18H15NO6S/c1-18(2,26(23,24)25)17(22)19-13-9-5-8-12-14(13)16(21)11-7-4-3-6-10(11)15(12)20/h3-9H,1-2H3,(H,19,22)(H,23,24,25)/p-1. The number of benzene rings is 2. The van der Waals surface area contributed by atoms with Gasteiger partial charge in [0.2, 0.25) is 5.91 Å². The molecule has 8 heteroatoms. The van der Waals surface area contributed by atoms with Gasteiger partial charge in [0, 0.05) is 16.7 Å². The summed E-state index contributed by atoms with van der Waals surface area (Å²) >= 11 is 0. The molecule has 0 fully saturated rings. The van der Waals surface area contributed by atoms with Crippen LogP contribution in [0, 0.1) is 0 Å². The van der Waals surface area contributed by atoms with Crippen LogP contribution in [-0.4, -0.2) is 35.2 Å². The predicted molar refractivity (Wildman–Crippen MR) is 92.2 cm³/mol. The minimum absolute atomic E-state index is 0.0166. The zero-order valence-electron chi connectivity index (χ0n) is 13.9. The van der Waals surface area contributed by atoms with Crippen LogP contribution in [0.15, 0.2) is 42.5 Å². The fourth-order valence-electron chi connectivity index (χ4n) is 2.64. The van der Waals surface area contributed by atoms with Crippen LogP contribution >= 0.6 is 0 Å². The molecule has 0 atom stereocenters. The van der Waals surface area contributed by atoms with Gasteiger partial charge >= 0.3 is 0 Å². The molecule has 0 spiro atoms. The monoisotopic (exact) mass is 372 g/mol. The molecule has 0 saturated carbocycles. The summed E-state index contributed by atoms with van der Waals surface area (Å²) in [6.07, 6.45) is 0. The van der Waals surface area contributed by atoms with Gasteiger partial charge in [-0.3, -0.25) is 14.4 Å². The summed E-state index contributed by atoms with van der Waals surface area (Å²) in [4.78, 5) is 37.8. The van der Waals surface area contributed by atoms with E-state index in [2.05, 4.69) is 5.32 Å². The Hall–Kier alpha value is -2.84. The van der Waals surface area contributed by atoms with Gasteiger partial charge in [-0.15, -0.1) is 0 Å². The van der Waals surface area contributed by atoms with E-state index in [-0.39, 0.29) is 33.7 Å². The summed E-state index contributed by atoms with van der Waals surface area (Å²) in [6, 6.07) is 10.6. The summed E-state index contributed by atoms with van der Waals surface area (Å²) in [5.74, 6) is -1.92. The fraction of sp³-hybridized carbons (Fsp3) is 0.167. The van der Waals surface area contributed by atoms with Crippen LogP contribution in [-0.2, 0) is 14.9 Å². The van der Waals surface area contributed by atoms with Gasteiger partial charge in [0.15, 0.2) is 11.6 Å². The highest BCUT2D eigenvalue weighted by atomic mass is 32.2. The number of amides is 1. The molecule has 134 valence electrons. The maximum absolute atomic E-state index is 12.8. The van der Waals surface area contributed by atoms with E-state index in [4.69, 9.17) is 0 Å². The third-order valence-corrected chi connectivity index (χ3v) is 5.81. The first-order chi connectivity index (χ1) is 12.1. The molecule has 1 aliphatic carbocycles. The van der Waals surface area contributed by atoms with E-state index in [1.165, 1.54) is 30.3 Å². The van der Waals surface area contributed by atoms with E-state index in [1.54, 1.807) is 12.1 Å². The van der Waals surface area contributed by atoms with Crippen LogP contribution in [0.4, 0.5) is 5.69 Å². The number of anilines is 1. The number of fused-ring (bicyclic) bond motifs is 2. The van der Waals surface area contributed by atoms with E-state index in [0.29, 0.717) is 0 Å². The third-order valence-electron chi connectivity index (χ3n) is 4.37. The van der Waals surface area contributed by atoms with Crippen molar-refractivity contribution in [2.75, 3.05) is 5.32 Å². The van der Waals surface area contributed by atoms with Crippen molar-refractivity contribution < 1.29 is 27.4 Å². The van der Waals surface area contributed by atoms with Gasteiger partial charge in [-0.05, 0) is 19.9 Å². The van der Waals surface area contributed by atoms with Crippen molar-refractivity contribution in [3.63, 3.8) is 0 Å². The summed E-state index contributed by atoms with van der Waals surface area (Å²) in [7, 11) is -4.93. The molecule has 7 nitrogen and oxygen atoms in total. The number of hydrogen-bond acceptors (Lipinski definition) is 6. The van der Waals surface area contributed by atoms with E-state index >= 15 is 0 Å². The second-order valence-electron chi connectivity index (χ2n) is 6.35. The van der Waals surface area contributed by atoms with Crippen LogP contribution < -0.4 is 5.32 Å². The van der Waals surface area contributed by atoms with Crippen LogP contribution in [0.2, 0.25) is 0 Å². The molecule has 26 heavy (non-hydrogen) atoms. The van der Waals surface area contributed by atoms with Gasteiger partial charge in [0.25, 0.3) is 0 Å². The zero-order valence-corrected chi connectivity index (χ0v) is 14.7. The summed E-state index contributed by atoms with van der Waals surface area (Å²) in [5.41, 5.74) is 0.522. The maximum Gasteiger partial charge on any atom is 0.244 e. The Kier molecular flexibility index (Phi) is 4.05. The van der Waals surface area contributed by atoms with Crippen molar-refractivity contribution in [3.8, 4) is 0 Å². The minimum atomic E-state index is -4.93. The van der Waals surface area contributed by atoms with Crippen LogP contribution in [0.3, 0.4) is 0 Å². The molecular formula is C18H14NO6S-. The van der Waals surface area contributed by atoms with Crippen molar-refractivity contribution in [2.45, 2.75) is 18.6 Å². The number of carbonyl (C=O) groups is 3. The summed E-state index contributed by atoms with van der Waals surface area (Å²) in [6.45, 7) is 1.95. The van der Waals surface area contributed by atoms with Crippen LogP contribution in [0.25, 0.3) is 0 Å². The molecule has 2 aromatic rings. The van der Waals surface area contributed by atoms with Crippen molar-refractivity contribution >= 4 is 33.3 Å². The molecule has 1 aliphatic rings. The van der Waals surface area contributed by atoms with E-state index < -0.39 is 26.6 Å². The summed E-state index contributed by atoms with van der Waals surface area (Å²) in [5, 5.41) is 2.31. The Balaban J connectivity index is 2.10. The van der Waals surface area contributed by atoms with Crippen LogP contribution in [0.1, 0.15) is 45.7 Å². The molecule has 1 amide bonds. The van der Waals surface area contributed by atoms with Crippen molar-refractivity contribution in [3.05, 3.63) is 64.7 Å². The number of nitrogens with one attached hydrogen (secondary N) is 1. The lowest BCUT2D eigenvalue weighted by Crippen LogP contribution is -2.44. The molecule has 0 aliphatic heterocycles. The molecule has 3 rings (SSSR count). The first-order valence-corrected chi connectivity index (χ1v) is 9.05. The predicted octanol–water partition coefficient (Wildman–Crippen LogP) is 1.72. The highest BCUT2D eigenvalue weighted by Gasteiger charge is 2.37. The van der Waals surface area contributed by atoms with Crippen molar-refractivity contribution in [2.24, 2.45) is 0 Å². The Labute approximate surface area is 149 Å². The average molecular weight is 372 g/mol. The molecular weight excluding hydrogens is 358 g/mol. The van der Waals surface area contributed by atoms with Crippen LogP contribution in [0.5, 0.6) is 0 Å². The molecule has 1 N–H and O–H groups in total. The molecule has 0 unspecified atom stereocenters. The zero-order chi connectivity index (χ0) is 19.3. The average Bonchev–Trinajstić information content (AvgIpc) is 2.58. The normalized spacial score (nSPS) is 13.8. The lowest BCUT2D eigenvalue weighted by molar-refractivity contribution is -0.118. The topological polar surface area (TPSA) is 120 Å². The van der Waals surface area contributed by atoms with Gasteiger partial charge < -0.3 is 9.87 Å². The Morgan fingerprint density at radius 3 is 2.04 bits per heavy atom. The number of rotatable bonds is 3. The van der Waals surface area contributed by atoms with E-state index in [0.717, 1.165) is 13.8 Å². The quantitative estimate of drug-likeness (QED) is 0.699. The minimum Gasteiger partial charge on any atom is -0.747 e. The van der Waals surface area contributed by atoms with Gasteiger partial charge in [0.05, 0.1) is 11.3 Å². The number of ketones is 2. The fourth-order valence-corrected chi connectivity index (χ4v) is 2.91. The number of carbonyl (C=O) groups excluding carboxylic acids is 3. The number of hydrogen-bond donors (Lipinski definition) is 1. The van der Waals surface area contributed by atoms with Crippen molar-refractivity contribution in [1.29, 1.82) is 0 Å². The lowest BCUT2D eigenvalue weighted by atomic mass is 9.83. The molecule has 0 aromatic heterocycles. The van der Waals surface area contributed by atoms with E-state index in [9.17, 15) is 27.4 Å². The Morgan fingerprint density at radius 1 is 0.923 bits per heavy atom. The first kappa shape index (κ1) is 18.0. The Bertz CT molecular complexity index is 1070. The molecule has 0 radical (unpaired) electrons. The SMILES string of the molecule is CC(C)(C(=O)Nc1cccc2c1C(=O)c1ccccc1C2=O)S(=O)(=O)[O-]. The highest BCUT2D eigenvalue weighted by Crippen LogP contribution is 2.32. The van der Waals surface area contributed by atoms with Gasteiger partial charge in [-0.1, -0.05) is 36.4 Å². The second kappa shape index (κ2) is 5.86. The molecule has 0 heterocycles. The lowest BCUT2D eigenvalue weighted by Gasteiger charge is -2.27. The van der Waals surface area contributed by atoms with Gasteiger partial charge in [-0.2, -0.15) is 0 Å². The second-order valence-corrected chi connectivity index (χ2v) is 8.28. The van der Waals surface area contributed by atoms with Gasteiger partial charge in [-0.25, -0.2) is 8.42 Å². The van der Waals surface area contributed by atoms with E-state index in [1.807, 2.05) is 0 Å². The molecule has 0 saturated heterocycles. The Morgan fingerprint density at radius 2 is 1.46 bits per heavy atom. The highest BCUT2D eigenvalue weighted by molar-refractivity contribution is 7.88.